The molecule has 78 valence electrons. The Morgan fingerprint density at radius 3 is 2.50 bits per heavy atom. The Hall–Kier alpha value is -0.970. The van der Waals surface area contributed by atoms with Crippen molar-refractivity contribution in [1.29, 1.82) is 0 Å². The molecule has 0 spiro atoms. The first-order valence-electron chi connectivity index (χ1n) is 4.53. The van der Waals surface area contributed by atoms with Crippen molar-refractivity contribution in [3.05, 3.63) is 24.3 Å². The van der Waals surface area contributed by atoms with Gasteiger partial charge in [-0.15, -0.1) is 0 Å². The van der Waals surface area contributed by atoms with Crippen LogP contribution in [-0.2, 0) is 14.3 Å². The van der Waals surface area contributed by atoms with Crippen LogP contribution in [0.2, 0.25) is 0 Å². The highest BCUT2D eigenvalue weighted by molar-refractivity contribution is 6.00. The predicted molar refractivity (Wildman–Crippen MR) is 50.7 cm³/mol. The first kappa shape index (κ1) is 11.1. The van der Waals surface area contributed by atoms with Crippen LogP contribution < -0.4 is 0 Å². The van der Waals surface area contributed by atoms with Gasteiger partial charge in [0, 0.05) is 6.61 Å². The number of allylic oxidation sites excluding steroid dienone is 2. The van der Waals surface area contributed by atoms with E-state index in [-0.39, 0.29) is 19.0 Å². The molecule has 0 bridgehead atoms. The highest BCUT2D eigenvalue weighted by Crippen LogP contribution is 2.20. The summed E-state index contributed by atoms with van der Waals surface area (Å²) in [6, 6.07) is 0. The minimum Gasteiger partial charge on any atom is -0.394 e. The zero-order chi connectivity index (χ0) is 10.4. The molecule has 0 aliphatic heterocycles. The molecule has 1 aliphatic rings. The van der Waals surface area contributed by atoms with Gasteiger partial charge in [-0.25, -0.2) is 0 Å². The normalized spacial score (nSPS) is 18.9. The van der Waals surface area contributed by atoms with E-state index in [1.807, 2.05) is 6.92 Å². The van der Waals surface area contributed by atoms with Gasteiger partial charge in [0.2, 0.25) is 5.79 Å². The molecule has 0 amide bonds. The van der Waals surface area contributed by atoms with Crippen LogP contribution in [-0.4, -0.2) is 36.5 Å². The van der Waals surface area contributed by atoms with Crippen LogP contribution in [0.15, 0.2) is 24.3 Å². The monoisotopic (exact) mass is 198 g/mol. The Kier molecular flexibility index (Phi) is 4.00. The third-order valence-corrected chi connectivity index (χ3v) is 1.75. The summed E-state index contributed by atoms with van der Waals surface area (Å²) in [5.41, 5.74) is 0. The molecule has 0 radical (unpaired) electrons. The molecule has 0 aromatic heterocycles. The zero-order valence-electron chi connectivity index (χ0n) is 8.10. The molecule has 14 heavy (non-hydrogen) atoms. The SMILES string of the molecule is CCOC1(OCCO)C=CC(=O)C=C1. The maximum atomic E-state index is 10.9. The van der Waals surface area contributed by atoms with Crippen LogP contribution in [0.3, 0.4) is 0 Å². The Balaban J connectivity index is 2.67. The fourth-order valence-corrected chi connectivity index (χ4v) is 1.17. The molecule has 1 aliphatic carbocycles. The van der Waals surface area contributed by atoms with Gasteiger partial charge in [-0.3, -0.25) is 4.79 Å². The number of rotatable bonds is 5. The first-order chi connectivity index (χ1) is 6.72. The summed E-state index contributed by atoms with van der Waals surface area (Å²) >= 11 is 0. The summed E-state index contributed by atoms with van der Waals surface area (Å²) in [5.74, 6) is -1.07. The van der Waals surface area contributed by atoms with E-state index < -0.39 is 5.79 Å². The molecule has 0 atom stereocenters. The second kappa shape index (κ2) is 5.05. The topological polar surface area (TPSA) is 55.8 Å². The summed E-state index contributed by atoms with van der Waals surface area (Å²) in [7, 11) is 0. The van der Waals surface area contributed by atoms with Gasteiger partial charge in [0.15, 0.2) is 5.78 Å². The number of carbonyl (C=O) groups excluding carboxylic acids is 1. The van der Waals surface area contributed by atoms with Crippen molar-refractivity contribution >= 4 is 5.78 Å². The molecule has 4 heteroatoms. The van der Waals surface area contributed by atoms with Crippen molar-refractivity contribution in [1.82, 2.24) is 0 Å². The number of carbonyl (C=O) groups is 1. The van der Waals surface area contributed by atoms with E-state index in [9.17, 15) is 4.79 Å². The van der Waals surface area contributed by atoms with Crippen molar-refractivity contribution in [2.24, 2.45) is 0 Å². The van der Waals surface area contributed by atoms with E-state index in [4.69, 9.17) is 14.6 Å². The number of ketones is 1. The number of ether oxygens (including phenoxy) is 2. The minimum atomic E-state index is -0.981. The molecule has 1 rings (SSSR count). The molecule has 0 aromatic carbocycles. The van der Waals surface area contributed by atoms with Gasteiger partial charge in [-0.2, -0.15) is 0 Å². The maximum absolute atomic E-state index is 10.9. The van der Waals surface area contributed by atoms with E-state index in [0.717, 1.165) is 0 Å². The molecule has 0 aromatic rings. The van der Waals surface area contributed by atoms with E-state index in [1.165, 1.54) is 12.2 Å². The van der Waals surface area contributed by atoms with Gasteiger partial charge in [-0.1, -0.05) is 0 Å². The smallest absolute Gasteiger partial charge is 0.208 e. The fraction of sp³-hybridized carbons (Fsp3) is 0.500. The Labute approximate surface area is 82.8 Å². The highest BCUT2D eigenvalue weighted by Gasteiger charge is 2.27. The fourth-order valence-electron chi connectivity index (χ4n) is 1.17. The third kappa shape index (κ3) is 2.77. The number of hydrogen-bond donors (Lipinski definition) is 1. The summed E-state index contributed by atoms with van der Waals surface area (Å²) in [5, 5.41) is 8.64. The molecule has 0 saturated heterocycles. The third-order valence-electron chi connectivity index (χ3n) is 1.75. The molecule has 0 fully saturated rings. The van der Waals surface area contributed by atoms with Gasteiger partial charge < -0.3 is 14.6 Å². The summed E-state index contributed by atoms with van der Waals surface area (Å²) in [6.07, 6.45) is 5.89. The molecule has 4 nitrogen and oxygen atoms in total. The van der Waals surface area contributed by atoms with Crippen LogP contribution in [0.25, 0.3) is 0 Å². The van der Waals surface area contributed by atoms with Crippen molar-refractivity contribution in [2.75, 3.05) is 19.8 Å². The van der Waals surface area contributed by atoms with Crippen molar-refractivity contribution < 1.29 is 19.4 Å². The molecular weight excluding hydrogens is 184 g/mol. The van der Waals surface area contributed by atoms with E-state index in [0.29, 0.717) is 6.61 Å². The van der Waals surface area contributed by atoms with Crippen LogP contribution in [0.1, 0.15) is 6.92 Å². The highest BCUT2D eigenvalue weighted by atomic mass is 16.7. The Bertz CT molecular complexity index is 239. The Morgan fingerprint density at radius 2 is 2.00 bits per heavy atom. The minimum absolute atomic E-state index is 0.0789. The van der Waals surface area contributed by atoms with Gasteiger partial charge in [-0.05, 0) is 31.2 Å². The van der Waals surface area contributed by atoms with E-state index in [2.05, 4.69) is 0 Å². The maximum Gasteiger partial charge on any atom is 0.208 e. The van der Waals surface area contributed by atoms with Crippen LogP contribution in [0, 0.1) is 0 Å². The van der Waals surface area contributed by atoms with Crippen LogP contribution >= 0.6 is 0 Å². The second-order valence-corrected chi connectivity index (χ2v) is 2.80. The largest absolute Gasteiger partial charge is 0.394 e. The lowest BCUT2D eigenvalue weighted by Crippen LogP contribution is -2.34. The lowest BCUT2D eigenvalue weighted by atomic mass is 10.1. The molecule has 0 heterocycles. The van der Waals surface area contributed by atoms with Crippen LogP contribution in [0.5, 0.6) is 0 Å². The standard InChI is InChI=1S/C10H14O4/c1-2-13-10(14-8-7-11)5-3-9(12)4-6-10/h3-6,11H,2,7-8H2,1H3. The second-order valence-electron chi connectivity index (χ2n) is 2.80. The van der Waals surface area contributed by atoms with Gasteiger partial charge in [0.25, 0.3) is 0 Å². The predicted octanol–water partition coefficient (Wildman–Crippen LogP) is 0.423. The number of hydrogen-bond acceptors (Lipinski definition) is 4. The van der Waals surface area contributed by atoms with Crippen LogP contribution in [0.4, 0.5) is 0 Å². The van der Waals surface area contributed by atoms with E-state index in [1.54, 1.807) is 12.2 Å². The lowest BCUT2D eigenvalue weighted by molar-refractivity contribution is -0.174. The number of aliphatic hydroxyl groups is 1. The Morgan fingerprint density at radius 1 is 1.36 bits per heavy atom. The molecule has 0 unspecified atom stereocenters. The summed E-state index contributed by atoms with van der Waals surface area (Å²) < 4.78 is 10.7. The van der Waals surface area contributed by atoms with Gasteiger partial charge >= 0.3 is 0 Å². The quantitative estimate of drug-likeness (QED) is 0.650. The lowest BCUT2D eigenvalue weighted by Gasteiger charge is -2.28. The van der Waals surface area contributed by atoms with Crippen molar-refractivity contribution in [2.45, 2.75) is 12.7 Å². The van der Waals surface area contributed by atoms with Gasteiger partial charge in [0.1, 0.15) is 0 Å². The molecule has 1 N–H and O–H groups in total. The van der Waals surface area contributed by atoms with Crippen molar-refractivity contribution in [3.63, 3.8) is 0 Å². The van der Waals surface area contributed by atoms with E-state index >= 15 is 0 Å². The molecule has 0 saturated carbocycles. The van der Waals surface area contributed by atoms with Crippen molar-refractivity contribution in [3.8, 4) is 0 Å². The zero-order valence-corrected chi connectivity index (χ0v) is 8.10. The first-order valence-corrected chi connectivity index (χ1v) is 4.53. The average Bonchev–Trinajstić information content (AvgIpc) is 2.20. The summed E-state index contributed by atoms with van der Waals surface area (Å²) in [6.45, 7) is 2.39. The molecular formula is C10H14O4. The number of aliphatic hydroxyl groups excluding tert-OH is 1. The summed E-state index contributed by atoms with van der Waals surface area (Å²) in [4.78, 5) is 10.9. The van der Waals surface area contributed by atoms with Gasteiger partial charge in [0.05, 0.1) is 13.2 Å². The average molecular weight is 198 g/mol.